The summed E-state index contributed by atoms with van der Waals surface area (Å²) in [6.07, 6.45) is 2.36. The molecule has 1 heterocycles. The maximum absolute atomic E-state index is 6.00. The monoisotopic (exact) mass is 241 g/mol. The Kier molecular flexibility index (Phi) is 2.44. The van der Waals surface area contributed by atoms with Gasteiger partial charge in [-0.05, 0) is 24.3 Å². The molecule has 0 unspecified atom stereocenters. The van der Waals surface area contributed by atoms with Crippen LogP contribution in [-0.2, 0) is 5.41 Å². The molecule has 1 aliphatic rings. The summed E-state index contributed by atoms with van der Waals surface area (Å²) in [5.74, 6) is 1.06. The molecule has 2 aromatic rings. The Morgan fingerprint density at radius 2 is 1.89 bits per heavy atom. The van der Waals surface area contributed by atoms with Crippen molar-refractivity contribution in [2.75, 3.05) is 5.73 Å². The summed E-state index contributed by atoms with van der Waals surface area (Å²) in [6.45, 7) is 4.34. The molecule has 0 radical (unpaired) electrons. The minimum absolute atomic E-state index is 0.130. The van der Waals surface area contributed by atoms with Gasteiger partial charge in [0.05, 0.1) is 5.69 Å². The third-order valence-electron chi connectivity index (χ3n) is 3.97. The van der Waals surface area contributed by atoms with Gasteiger partial charge in [-0.15, -0.1) is 0 Å². The van der Waals surface area contributed by atoms with Crippen LogP contribution in [0.25, 0.3) is 0 Å². The zero-order chi connectivity index (χ0) is 12.8. The zero-order valence-corrected chi connectivity index (χ0v) is 10.9. The van der Waals surface area contributed by atoms with Gasteiger partial charge in [-0.25, -0.2) is 0 Å². The van der Waals surface area contributed by atoms with E-state index in [-0.39, 0.29) is 5.41 Å². The Morgan fingerprint density at radius 3 is 2.44 bits per heavy atom. The number of benzene rings is 1. The van der Waals surface area contributed by atoms with E-state index < -0.39 is 0 Å². The van der Waals surface area contributed by atoms with Crippen molar-refractivity contribution in [3.05, 3.63) is 47.2 Å². The normalized spacial score (nSPS) is 17.1. The van der Waals surface area contributed by atoms with Crippen LogP contribution in [0, 0.1) is 0 Å². The fourth-order valence-corrected chi connectivity index (χ4v) is 2.88. The summed E-state index contributed by atoms with van der Waals surface area (Å²) in [6, 6.07) is 10.7. The van der Waals surface area contributed by atoms with Crippen molar-refractivity contribution in [3.63, 3.8) is 0 Å². The average Bonchev–Trinajstić information content (AvgIpc) is 3.08. The predicted molar refractivity (Wildman–Crippen MR) is 73.5 cm³/mol. The summed E-state index contributed by atoms with van der Waals surface area (Å²) < 4.78 is 0. The third-order valence-corrected chi connectivity index (χ3v) is 3.97. The molecule has 1 fully saturated rings. The lowest BCUT2D eigenvalue weighted by molar-refractivity contribution is 0.752. The standard InChI is InChI=1S/C15H19N3/c1-10(2)12-13(17-18-14(12)16)15(8-9-15)11-6-4-3-5-7-11/h3-7,10H,8-9H2,1-2H3,(H3,16,17,18). The Bertz CT molecular complexity index is 550. The van der Waals surface area contributed by atoms with E-state index in [0.717, 1.165) is 0 Å². The largest absolute Gasteiger partial charge is 0.382 e. The van der Waals surface area contributed by atoms with Crippen molar-refractivity contribution in [2.45, 2.75) is 38.0 Å². The Morgan fingerprint density at radius 1 is 1.22 bits per heavy atom. The van der Waals surface area contributed by atoms with Gasteiger partial charge in [0, 0.05) is 11.0 Å². The molecule has 1 aliphatic carbocycles. The minimum Gasteiger partial charge on any atom is -0.382 e. The number of nitrogens with one attached hydrogen (secondary N) is 1. The number of rotatable bonds is 3. The molecule has 94 valence electrons. The minimum atomic E-state index is 0.130. The molecule has 3 heteroatoms. The summed E-state index contributed by atoms with van der Waals surface area (Å²) in [4.78, 5) is 0. The highest BCUT2D eigenvalue weighted by molar-refractivity contribution is 5.53. The van der Waals surface area contributed by atoms with E-state index in [0.29, 0.717) is 11.7 Å². The molecule has 3 N–H and O–H groups in total. The van der Waals surface area contributed by atoms with Gasteiger partial charge in [-0.1, -0.05) is 44.2 Å². The van der Waals surface area contributed by atoms with Crippen LogP contribution >= 0.6 is 0 Å². The molecule has 18 heavy (non-hydrogen) atoms. The van der Waals surface area contributed by atoms with Gasteiger partial charge in [-0.3, -0.25) is 5.10 Å². The van der Waals surface area contributed by atoms with E-state index in [1.807, 2.05) is 0 Å². The molecule has 0 bridgehead atoms. The van der Waals surface area contributed by atoms with Gasteiger partial charge in [0.25, 0.3) is 0 Å². The molecule has 0 amide bonds. The van der Waals surface area contributed by atoms with Crippen LogP contribution in [0.4, 0.5) is 5.82 Å². The number of nitrogen functional groups attached to an aromatic ring is 1. The number of aromatic nitrogens is 2. The first-order valence-electron chi connectivity index (χ1n) is 6.55. The van der Waals surface area contributed by atoms with Crippen LogP contribution in [0.3, 0.4) is 0 Å². The Hall–Kier alpha value is -1.77. The van der Waals surface area contributed by atoms with Gasteiger partial charge in [0.2, 0.25) is 0 Å². The molecule has 0 saturated heterocycles. The molecule has 0 atom stereocenters. The number of anilines is 1. The molecular formula is C15H19N3. The van der Waals surface area contributed by atoms with Crippen molar-refractivity contribution in [1.29, 1.82) is 0 Å². The van der Waals surface area contributed by atoms with Crippen LogP contribution < -0.4 is 5.73 Å². The Labute approximate surface area is 107 Å². The van der Waals surface area contributed by atoms with Crippen LogP contribution in [0.2, 0.25) is 0 Å². The van der Waals surface area contributed by atoms with E-state index in [2.05, 4.69) is 54.4 Å². The molecule has 3 rings (SSSR count). The van der Waals surface area contributed by atoms with Gasteiger partial charge in [0.15, 0.2) is 0 Å². The van der Waals surface area contributed by atoms with Crippen LogP contribution in [0.1, 0.15) is 49.4 Å². The molecule has 0 aliphatic heterocycles. The molecular weight excluding hydrogens is 222 g/mol. The van der Waals surface area contributed by atoms with Crippen molar-refractivity contribution >= 4 is 5.82 Å². The van der Waals surface area contributed by atoms with Crippen molar-refractivity contribution in [3.8, 4) is 0 Å². The van der Waals surface area contributed by atoms with E-state index in [1.54, 1.807) is 0 Å². The van der Waals surface area contributed by atoms with Crippen molar-refractivity contribution < 1.29 is 0 Å². The second kappa shape index (κ2) is 3.87. The second-order valence-electron chi connectivity index (χ2n) is 5.50. The van der Waals surface area contributed by atoms with E-state index in [4.69, 9.17) is 5.73 Å². The topological polar surface area (TPSA) is 54.7 Å². The lowest BCUT2D eigenvalue weighted by atomic mass is 9.87. The quantitative estimate of drug-likeness (QED) is 0.867. The predicted octanol–water partition coefficient (Wildman–Crippen LogP) is 3.20. The highest BCUT2D eigenvalue weighted by Crippen LogP contribution is 2.55. The van der Waals surface area contributed by atoms with Gasteiger partial charge >= 0.3 is 0 Å². The summed E-state index contributed by atoms with van der Waals surface area (Å²) in [5.41, 5.74) is 9.92. The lowest BCUT2D eigenvalue weighted by Gasteiger charge is -2.17. The summed E-state index contributed by atoms with van der Waals surface area (Å²) in [5, 5.41) is 7.40. The zero-order valence-electron chi connectivity index (χ0n) is 10.9. The highest BCUT2D eigenvalue weighted by Gasteiger charge is 2.49. The summed E-state index contributed by atoms with van der Waals surface area (Å²) >= 11 is 0. The fraction of sp³-hybridized carbons (Fsp3) is 0.400. The smallest absolute Gasteiger partial charge is 0.148 e. The highest BCUT2D eigenvalue weighted by atomic mass is 15.2. The fourth-order valence-electron chi connectivity index (χ4n) is 2.88. The summed E-state index contributed by atoms with van der Waals surface area (Å²) in [7, 11) is 0. The number of H-pyrrole nitrogens is 1. The number of hydrogen-bond donors (Lipinski definition) is 2. The van der Waals surface area contributed by atoms with Crippen molar-refractivity contribution in [2.24, 2.45) is 0 Å². The van der Waals surface area contributed by atoms with E-state index in [1.165, 1.54) is 29.7 Å². The first-order valence-corrected chi connectivity index (χ1v) is 6.55. The van der Waals surface area contributed by atoms with Crippen LogP contribution in [0.15, 0.2) is 30.3 Å². The van der Waals surface area contributed by atoms with Crippen LogP contribution in [-0.4, -0.2) is 10.2 Å². The SMILES string of the molecule is CC(C)c1c(N)n[nH]c1C1(c2ccccc2)CC1. The molecule has 1 aromatic heterocycles. The van der Waals surface area contributed by atoms with E-state index in [9.17, 15) is 0 Å². The number of hydrogen-bond acceptors (Lipinski definition) is 2. The number of aromatic amines is 1. The Balaban J connectivity index is 2.11. The molecule has 0 spiro atoms. The number of nitrogens with zero attached hydrogens (tertiary/aromatic N) is 1. The average molecular weight is 241 g/mol. The van der Waals surface area contributed by atoms with Crippen molar-refractivity contribution in [1.82, 2.24) is 10.2 Å². The number of nitrogens with two attached hydrogens (primary N) is 1. The van der Waals surface area contributed by atoms with Gasteiger partial charge in [0.1, 0.15) is 5.82 Å². The van der Waals surface area contributed by atoms with Crippen LogP contribution in [0.5, 0.6) is 0 Å². The molecule has 1 saturated carbocycles. The van der Waals surface area contributed by atoms with Gasteiger partial charge in [-0.2, -0.15) is 5.10 Å². The first kappa shape index (κ1) is 11.3. The maximum atomic E-state index is 6.00. The first-order chi connectivity index (χ1) is 8.65. The second-order valence-corrected chi connectivity index (χ2v) is 5.50. The molecule has 3 nitrogen and oxygen atoms in total. The lowest BCUT2D eigenvalue weighted by Crippen LogP contribution is -2.12. The third kappa shape index (κ3) is 1.54. The molecule has 1 aromatic carbocycles. The van der Waals surface area contributed by atoms with E-state index >= 15 is 0 Å². The van der Waals surface area contributed by atoms with Gasteiger partial charge < -0.3 is 5.73 Å². The maximum Gasteiger partial charge on any atom is 0.148 e.